The largest absolute Gasteiger partial charge is 0.476 e. The molecule has 2 rings (SSSR count). The van der Waals surface area contributed by atoms with Crippen LogP contribution in [0.4, 0.5) is 0 Å². The lowest BCUT2D eigenvalue weighted by Gasteiger charge is -1.91. The van der Waals surface area contributed by atoms with Gasteiger partial charge in [0.15, 0.2) is 5.69 Å². The van der Waals surface area contributed by atoms with Crippen LogP contribution in [-0.2, 0) is 7.05 Å². The fraction of sp³-hybridized carbons (Fsp3) is 0.143. The van der Waals surface area contributed by atoms with Gasteiger partial charge in [-0.1, -0.05) is 0 Å². The van der Waals surface area contributed by atoms with Gasteiger partial charge in [0.1, 0.15) is 11.0 Å². The van der Waals surface area contributed by atoms with Gasteiger partial charge in [-0.05, 0) is 11.6 Å². The maximum Gasteiger partial charge on any atom is 0.358 e. The molecule has 7 heteroatoms. The number of carbonyl (C=O) groups is 1. The van der Waals surface area contributed by atoms with Gasteiger partial charge in [0, 0.05) is 7.05 Å². The van der Waals surface area contributed by atoms with Crippen LogP contribution in [-0.4, -0.2) is 30.8 Å². The summed E-state index contributed by atoms with van der Waals surface area (Å²) >= 11 is 5.55. The average Bonchev–Trinajstić information content (AvgIpc) is 2.43. The number of aryl methyl sites for hydroxylation is 1. The summed E-state index contributed by atoms with van der Waals surface area (Å²) in [7, 11) is 1.62. The number of carboxylic acid groups (broad SMARTS) is 1. The number of hydrogen-bond donors (Lipinski definition) is 1. The molecule has 72 valence electrons. The fourth-order valence-electron chi connectivity index (χ4n) is 1.16. The van der Waals surface area contributed by atoms with Crippen LogP contribution in [0.5, 0.6) is 0 Å². The van der Waals surface area contributed by atoms with E-state index >= 15 is 0 Å². The number of aromatic carboxylic acids is 1. The molecule has 0 radical (unpaired) electrons. The summed E-state index contributed by atoms with van der Waals surface area (Å²) < 4.78 is 1.40. The Bertz CT molecular complexity index is 522. The topological polar surface area (TPSA) is 80.9 Å². The number of nitrogens with zero attached hydrogens (tertiary/aromatic N) is 4. The molecule has 6 nitrogen and oxygen atoms in total. The number of rotatable bonds is 1. The van der Waals surface area contributed by atoms with E-state index in [-0.39, 0.29) is 16.5 Å². The highest BCUT2D eigenvalue weighted by Gasteiger charge is 2.16. The molecule has 0 aliphatic rings. The highest BCUT2D eigenvalue weighted by molar-refractivity contribution is 6.28. The highest BCUT2D eigenvalue weighted by atomic mass is 35.5. The molecular formula is C7H5ClN4O2. The third kappa shape index (κ3) is 1.20. The molecule has 0 aliphatic carbocycles. The van der Waals surface area contributed by atoms with Gasteiger partial charge in [-0.2, -0.15) is 5.10 Å². The Labute approximate surface area is 83.1 Å². The first-order valence-corrected chi connectivity index (χ1v) is 4.06. The summed E-state index contributed by atoms with van der Waals surface area (Å²) in [5.41, 5.74) is 0.665. The second-order valence-corrected chi connectivity index (χ2v) is 2.99. The quantitative estimate of drug-likeness (QED) is 0.705. The molecule has 2 aromatic rings. The molecule has 0 bridgehead atoms. The normalized spacial score (nSPS) is 10.7. The van der Waals surface area contributed by atoms with Crippen molar-refractivity contribution in [3.05, 3.63) is 17.2 Å². The first-order valence-electron chi connectivity index (χ1n) is 3.68. The van der Waals surface area contributed by atoms with Crippen LogP contribution in [0.3, 0.4) is 0 Å². The van der Waals surface area contributed by atoms with Gasteiger partial charge in [0.25, 0.3) is 0 Å². The van der Waals surface area contributed by atoms with Gasteiger partial charge in [-0.25, -0.2) is 14.8 Å². The molecule has 0 aliphatic heterocycles. The molecule has 14 heavy (non-hydrogen) atoms. The smallest absolute Gasteiger partial charge is 0.358 e. The van der Waals surface area contributed by atoms with Crippen molar-refractivity contribution < 1.29 is 9.90 Å². The first-order chi connectivity index (χ1) is 6.59. The van der Waals surface area contributed by atoms with E-state index in [1.807, 2.05) is 0 Å². The number of carboxylic acids is 1. The van der Waals surface area contributed by atoms with Crippen molar-refractivity contribution in [2.45, 2.75) is 0 Å². The van der Waals surface area contributed by atoms with E-state index in [9.17, 15) is 4.79 Å². The second-order valence-electron chi connectivity index (χ2n) is 2.65. The minimum atomic E-state index is -1.13. The number of fused-ring (bicyclic) bond motifs is 1. The van der Waals surface area contributed by atoms with Gasteiger partial charge in [-0.3, -0.25) is 4.68 Å². The summed E-state index contributed by atoms with van der Waals surface area (Å²) in [6, 6.07) is 0. The minimum absolute atomic E-state index is 0.00741. The molecular weight excluding hydrogens is 208 g/mol. The third-order valence-electron chi connectivity index (χ3n) is 1.77. The monoisotopic (exact) mass is 212 g/mol. The molecule has 1 N–H and O–H groups in total. The lowest BCUT2D eigenvalue weighted by molar-refractivity contribution is 0.0691. The Morgan fingerprint density at radius 2 is 2.36 bits per heavy atom. The Hall–Kier alpha value is -1.69. The van der Waals surface area contributed by atoms with E-state index < -0.39 is 5.97 Å². The van der Waals surface area contributed by atoms with Crippen LogP contribution in [0.15, 0.2) is 6.20 Å². The van der Waals surface area contributed by atoms with Crippen molar-refractivity contribution >= 4 is 28.6 Å². The zero-order valence-corrected chi connectivity index (χ0v) is 7.86. The van der Waals surface area contributed by atoms with E-state index in [1.165, 1.54) is 10.9 Å². The van der Waals surface area contributed by atoms with E-state index in [0.717, 1.165) is 0 Å². The summed E-state index contributed by atoms with van der Waals surface area (Å²) in [6.07, 6.45) is 1.43. The van der Waals surface area contributed by atoms with Crippen molar-refractivity contribution in [2.24, 2.45) is 7.05 Å². The van der Waals surface area contributed by atoms with Crippen LogP contribution in [0.25, 0.3) is 11.0 Å². The maximum atomic E-state index is 10.8. The van der Waals surface area contributed by atoms with Gasteiger partial charge < -0.3 is 5.11 Å². The maximum absolute atomic E-state index is 10.8. The van der Waals surface area contributed by atoms with Crippen molar-refractivity contribution in [2.75, 3.05) is 0 Å². The molecule has 0 aromatic carbocycles. The first kappa shape index (κ1) is 8.89. The number of halogens is 1. The molecule has 2 heterocycles. The van der Waals surface area contributed by atoms with Gasteiger partial charge in [0.2, 0.25) is 5.28 Å². The van der Waals surface area contributed by atoms with E-state index in [2.05, 4.69) is 15.1 Å². The lowest BCUT2D eigenvalue weighted by atomic mass is 10.3. The Balaban J connectivity index is 2.85. The summed E-state index contributed by atoms with van der Waals surface area (Å²) in [4.78, 5) is 18.3. The number of aromatic nitrogens is 4. The van der Waals surface area contributed by atoms with Crippen LogP contribution in [0.2, 0.25) is 5.28 Å². The van der Waals surface area contributed by atoms with Crippen molar-refractivity contribution in [1.29, 1.82) is 0 Å². The standard InChI is InChI=1S/C7H5ClN4O2/c1-12-3-2-9-7(8)10-4(3)5(11-12)6(13)14/h2H,1H3,(H,13,14). The molecule has 0 saturated carbocycles. The lowest BCUT2D eigenvalue weighted by Crippen LogP contribution is -1.99. The van der Waals surface area contributed by atoms with E-state index in [1.54, 1.807) is 7.05 Å². The Kier molecular flexibility index (Phi) is 1.85. The zero-order valence-electron chi connectivity index (χ0n) is 7.10. The Morgan fingerprint density at radius 3 is 3.00 bits per heavy atom. The molecule has 0 saturated heterocycles. The zero-order chi connectivity index (χ0) is 10.3. The molecule has 0 spiro atoms. The molecule has 0 amide bonds. The van der Waals surface area contributed by atoms with Crippen molar-refractivity contribution in [3.8, 4) is 0 Å². The van der Waals surface area contributed by atoms with Crippen LogP contribution < -0.4 is 0 Å². The Morgan fingerprint density at radius 1 is 1.64 bits per heavy atom. The van der Waals surface area contributed by atoms with Crippen molar-refractivity contribution in [3.63, 3.8) is 0 Å². The molecule has 0 unspecified atom stereocenters. The fourth-order valence-corrected chi connectivity index (χ4v) is 1.29. The van der Waals surface area contributed by atoms with Gasteiger partial charge >= 0.3 is 5.97 Å². The highest BCUT2D eigenvalue weighted by Crippen LogP contribution is 2.16. The van der Waals surface area contributed by atoms with Crippen molar-refractivity contribution in [1.82, 2.24) is 19.7 Å². The predicted octanol–water partition coefficient (Wildman–Crippen LogP) is 0.715. The van der Waals surface area contributed by atoms with Crippen LogP contribution in [0.1, 0.15) is 10.5 Å². The van der Waals surface area contributed by atoms with E-state index in [0.29, 0.717) is 5.52 Å². The van der Waals surface area contributed by atoms with Gasteiger partial charge in [-0.15, -0.1) is 0 Å². The summed E-state index contributed by atoms with van der Waals surface area (Å²) in [6.45, 7) is 0. The number of hydrogen-bond acceptors (Lipinski definition) is 4. The molecule has 0 fully saturated rings. The molecule has 0 atom stereocenters. The molecule has 2 aromatic heterocycles. The minimum Gasteiger partial charge on any atom is -0.476 e. The van der Waals surface area contributed by atoms with Crippen LogP contribution >= 0.6 is 11.6 Å². The van der Waals surface area contributed by atoms with Crippen LogP contribution in [0, 0.1) is 0 Å². The summed E-state index contributed by atoms with van der Waals surface area (Å²) in [5.74, 6) is -1.13. The summed E-state index contributed by atoms with van der Waals surface area (Å²) in [5, 5.41) is 12.6. The second kappa shape index (κ2) is 2.91. The SMILES string of the molecule is Cn1nc(C(=O)O)c2nc(Cl)ncc21. The van der Waals surface area contributed by atoms with Gasteiger partial charge in [0.05, 0.1) is 6.20 Å². The third-order valence-corrected chi connectivity index (χ3v) is 1.95. The van der Waals surface area contributed by atoms with E-state index in [4.69, 9.17) is 16.7 Å². The average molecular weight is 213 g/mol. The predicted molar refractivity (Wildman–Crippen MR) is 48.3 cm³/mol.